The van der Waals surface area contributed by atoms with Gasteiger partial charge in [0, 0.05) is 0 Å². The zero-order chi connectivity index (χ0) is 28.6. The van der Waals surface area contributed by atoms with Crippen molar-refractivity contribution >= 4 is 0 Å². The summed E-state index contributed by atoms with van der Waals surface area (Å²) in [7, 11) is 0. The van der Waals surface area contributed by atoms with Gasteiger partial charge in [0.2, 0.25) is 0 Å². The summed E-state index contributed by atoms with van der Waals surface area (Å²) in [4.78, 5) is 0. The van der Waals surface area contributed by atoms with Crippen molar-refractivity contribution in [1.82, 2.24) is 0 Å². The van der Waals surface area contributed by atoms with Gasteiger partial charge in [0.1, 0.15) is 0 Å². The Hall–Kier alpha value is -1.56. The predicted octanol–water partition coefficient (Wildman–Crippen LogP) is 12.6. The highest BCUT2D eigenvalue weighted by Crippen LogP contribution is 2.39. The van der Waals surface area contributed by atoms with Crippen molar-refractivity contribution in [2.24, 2.45) is 0 Å². The molecule has 38 heavy (non-hydrogen) atoms. The van der Waals surface area contributed by atoms with Crippen molar-refractivity contribution in [2.75, 3.05) is 0 Å². The summed E-state index contributed by atoms with van der Waals surface area (Å²) in [6, 6.07) is 10.4. The Morgan fingerprint density at radius 2 is 0.684 bits per heavy atom. The number of benzene rings is 2. The lowest BCUT2D eigenvalue weighted by atomic mass is 9.77. The number of rotatable bonds is 15. The van der Waals surface area contributed by atoms with Gasteiger partial charge in [-0.3, -0.25) is 0 Å². The molecule has 0 amide bonds. The van der Waals surface area contributed by atoms with Gasteiger partial charge in [-0.2, -0.15) is 0 Å². The molecular weight excluding hydrogens is 456 g/mol. The molecule has 0 nitrogen and oxygen atoms in total. The summed E-state index contributed by atoms with van der Waals surface area (Å²) >= 11 is 0. The quantitative estimate of drug-likeness (QED) is 0.220. The van der Waals surface area contributed by atoms with Gasteiger partial charge in [0.05, 0.1) is 0 Å². The molecule has 0 N–H and O–H groups in total. The highest BCUT2D eigenvalue weighted by Gasteiger charge is 2.23. The SMILES string of the molecule is CCC(C)c1cc(CCc2cc(C(C)CC)cc(C(C)CC)c2C(C)CC)c(C(C)CC)c(C(C)CC)c1. The topological polar surface area (TPSA) is 0 Å². The molecule has 0 heteroatoms. The van der Waals surface area contributed by atoms with Gasteiger partial charge in [0.15, 0.2) is 0 Å². The predicted molar refractivity (Wildman–Crippen MR) is 173 cm³/mol. The number of aryl methyl sites for hydroxylation is 2. The lowest BCUT2D eigenvalue weighted by molar-refractivity contribution is 0.650. The van der Waals surface area contributed by atoms with Crippen molar-refractivity contribution in [2.45, 2.75) is 170 Å². The Bertz CT molecular complexity index is 914. The maximum absolute atomic E-state index is 2.61. The third-order valence-corrected chi connectivity index (χ3v) is 10.2. The van der Waals surface area contributed by atoms with E-state index in [9.17, 15) is 0 Å². The first-order valence-corrected chi connectivity index (χ1v) is 16.4. The molecule has 0 aromatic heterocycles. The minimum atomic E-state index is 0.608. The van der Waals surface area contributed by atoms with Crippen LogP contribution in [0.4, 0.5) is 0 Å². The molecule has 0 aliphatic carbocycles. The lowest BCUT2D eigenvalue weighted by Crippen LogP contribution is -2.12. The van der Waals surface area contributed by atoms with E-state index in [2.05, 4.69) is 107 Å². The number of hydrogen-bond donors (Lipinski definition) is 0. The van der Waals surface area contributed by atoms with Gasteiger partial charge in [-0.15, -0.1) is 0 Å². The molecule has 2 aromatic rings. The Balaban J connectivity index is 2.74. The largest absolute Gasteiger partial charge is 0.0648 e. The van der Waals surface area contributed by atoms with Crippen LogP contribution < -0.4 is 0 Å². The summed E-state index contributed by atoms with van der Waals surface area (Å²) in [6.07, 6.45) is 9.55. The Morgan fingerprint density at radius 3 is 0.947 bits per heavy atom. The van der Waals surface area contributed by atoms with E-state index >= 15 is 0 Å². The molecular formula is C38H62. The van der Waals surface area contributed by atoms with E-state index in [1.165, 1.54) is 38.5 Å². The Kier molecular flexibility index (Phi) is 13.1. The molecule has 0 spiro atoms. The van der Waals surface area contributed by atoms with Crippen LogP contribution in [-0.2, 0) is 12.8 Å². The molecule has 0 radical (unpaired) electrons. The van der Waals surface area contributed by atoms with Crippen molar-refractivity contribution in [3.63, 3.8) is 0 Å². The maximum atomic E-state index is 2.61. The minimum Gasteiger partial charge on any atom is -0.0648 e. The minimum absolute atomic E-state index is 0.608. The van der Waals surface area contributed by atoms with Crippen LogP contribution in [0.5, 0.6) is 0 Å². The molecule has 214 valence electrons. The summed E-state index contributed by atoms with van der Waals surface area (Å²) in [6.45, 7) is 28.8. The monoisotopic (exact) mass is 518 g/mol. The van der Waals surface area contributed by atoms with Gasteiger partial charge >= 0.3 is 0 Å². The zero-order valence-corrected chi connectivity index (χ0v) is 27.4. The molecule has 0 fully saturated rings. The molecule has 0 bridgehead atoms. The summed E-state index contributed by atoms with van der Waals surface area (Å²) in [5.74, 6) is 3.67. The summed E-state index contributed by atoms with van der Waals surface area (Å²) in [5.41, 5.74) is 13.0. The first kappa shape index (κ1) is 32.7. The third-order valence-electron chi connectivity index (χ3n) is 10.2. The second-order valence-corrected chi connectivity index (χ2v) is 12.7. The van der Waals surface area contributed by atoms with Crippen LogP contribution in [0, 0.1) is 0 Å². The van der Waals surface area contributed by atoms with E-state index in [-0.39, 0.29) is 0 Å². The molecule has 2 rings (SSSR count). The molecule has 0 heterocycles. The smallest absolute Gasteiger partial charge is 0.0187 e. The van der Waals surface area contributed by atoms with Crippen LogP contribution >= 0.6 is 0 Å². The van der Waals surface area contributed by atoms with Crippen LogP contribution in [0.2, 0.25) is 0 Å². The fourth-order valence-electron chi connectivity index (χ4n) is 6.12. The fourth-order valence-corrected chi connectivity index (χ4v) is 6.12. The van der Waals surface area contributed by atoms with Gasteiger partial charge in [-0.25, -0.2) is 0 Å². The van der Waals surface area contributed by atoms with Crippen molar-refractivity contribution in [3.8, 4) is 0 Å². The first-order chi connectivity index (χ1) is 18.1. The molecule has 0 aliphatic heterocycles. The molecule has 0 saturated carbocycles. The third kappa shape index (κ3) is 7.55. The average molecular weight is 519 g/mol. The lowest BCUT2D eigenvalue weighted by Gasteiger charge is -2.28. The molecule has 0 saturated heterocycles. The molecule has 0 aliphatic rings. The van der Waals surface area contributed by atoms with Crippen LogP contribution in [0.15, 0.2) is 24.3 Å². The van der Waals surface area contributed by atoms with Crippen LogP contribution in [-0.4, -0.2) is 0 Å². The fraction of sp³-hybridized carbons (Fsp3) is 0.684. The van der Waals surface area contributed by atoms with Gasteiger partial charge < -0.3 is 0 Å². The molecule has 6 atom stereocenters. The van der Waals surface area contributed by atoms with Crippen LogP contribution in [0.25, 0.3) is 0 Å². The molecule has 6 unspecified atom stereocenters. The zero-order valence-electron chi connectivity index (χ0n) is 27.4. The van der Waals surface area contributed by atoms with Crippen LogP contribution in [0.1, 0.15) is 202 Å². The average Bonchev–Trinajstić information content (AvgIpc) is 2.96. The Morgan fingerprint density at radius 1 is 0.395 bits per heavy atom. The van der Waals surface area contributed by atoms with E-state index in [4.69, 9.17) is 0 Å². The van der Waals surface area contributed by atoms with Crippen LogP contribution in [0.3, 0.4) is 0 Å². The van der Waals surface area contributed by atoms with Gasteiger partial charge in [-0.1, -0.05) is 107 Å². The second kappa shape index (κ2) is 15.3. The molecule has 2 aromatic carbocycles. The van der Waals surface area contributed by atoms with Crippen molar-refractivity contribution in [3.05, 3.63) is 68.8 Å². The van der Waals surface area contributed by atoms with Gasteiger partial charge in [-0.05, 0) is 131 Å². The van der Waals surface area contributed by atoms with E-state index < -0.39 is 0 Å². The highest BCUT2D eigenvalue weighted by atomic mass is 14.3. The maximum Gasteiger partial charge on any atom is -0.0187 e. The second-order valence-electron chi connectivity index (χ2n) is 12.7. The van der Waals surface area contributed by atoms with E-state index in [0.717, 1.165) is 12.8 Å². The Labute approximate surface area is 238 Å². The van der Waals surface area contributed by atoms with Gasteiger partial charge in [0.25, 0.3) is 0 Å². The number of hydrogen-bond acceptors (Lipinski definition) is 0. The standard InChI is InChI=1S/C38H62/c1-13-25(7)33-21-31(37(29(11)17-5)35(23-33)27(9)15-3)19-20-32-22-34(26(8)14-2)24-36(28(10)16-4)38(32)30(12)18-6/h21-30H,13-20H2,1-12H3. The summed E-state index contributed by atoms with van der Waals surface area (Å²) < 4.78 is 0. The van der Waals surface area contributed by atoms with E-state index in [1.54, 1.807) is 44.5 Å². The normalized spacial score (nSPS) is 16.6. The summed E-state index contributed by atoms with van der Waals surface area (Å²) in [5, 5.41) is 0. The first-order valence-electron chi connectivity index (χ1n) is 16.4. The van der Waals surface area contributed by atoms with E-state index in [1.807, 2.05) is 0 Å². The van der Waals surface area contributed by atoms with Crippen molar-refractivity contribution in [1.29, 1.82) is 0 Å². The highest BCUT2D eigenvalue weighted by molar-refractivity contribution is 5.47. The van der Waals surface area contributed by atoms with E-state index in [0.29, 0.717) is 35.5 Å². The van der Waals surface area contributed by atoms with Crippen molar-refractivity contribution < 1.29 is 0 Å².